The van der Waals surface area contributed by atoms with Gasteiger partial charge in [-0.15, -0.1) is 11.3 Å². The molecule has 0 bridgehead atoms. The number of nitrogens with zero attached hydrogens (tertiary/aromatic N) is 3. The van der Waals surface area contributed by atoms with Crippen LogP contribution in [0, 0.1) is 0 Å². The van der Waals surface area contributed by atoms with Gasteiger partial charge in [0, 0.05) is 18.3 Å². The van der Waals surface area contributed by atoms with Gasteiger partial charge in [0.05, 0.1) is 15.6 Å². The normalized spacial score (nSPS) is 14.6. The van der Waals surface area contributed by atoms with Crippen molar-refractivity contribution in [2.75, 3.05) is 6.54 Å². The van der Waals surface area contributed by atoms with Crippen LogP contribution in [0.5, 0.6) is 0 Å². The van der Waals surface area contributed by atoms with Crippen molar-refractivity contribution < 1.29 is 4.52 Å². The first-order valence-electron chi connectivity index (χ1n) is 6.54. The molecule has 0 radical (unpaired) electrons. The molecule has 6 heteroatoms. The lowest BCUT2D eigenvalue weighted by Gasteiger charge is -2.20. The minimum Gasteiger partial charge on any atom is -0.338 e. The molecule has 3 heterocycles. The molecule has 0 aliphatic heterocycles. The minimum atomic E-state index is -0.272. The fourth-order valence-corrected chi connectivity index (χ4v) is 2.72. The monoisotopic (exact) mass is 288 g/mol. The number of hydrogen-bond acceptors (Lipinski definition) is 6. The second-order valence-corrected chi connectivity index (χ2v) is 6.02. The third-order valence-electron chi connectivity index (χ3n) is 3.73. The summed E-state index contributed by atoms with van der Waals surface area (Å²) in [6.07, 6.45) is 2.63. The highest BCUT2D eigenvalue weighted by Crippen LogP contribution is 2.28. The van der Waals surface area contributed by atoms with E-state index >= 15 is 0 Å². The molecule has 0 aliphatic rings. The summed E-state index contributed by atoms with van der Waals surface area (Å²) in [4.78, 5) is 8.89. The van der Waals surface area contributed by atoms with Crippen LogP contribution in [0.2, 0.25) is 0 Å². The zero-order valence-electron chi connectivity index (χ0n) is 11.5. The zero-order chi connectivity index (χ0) is 14.2. The second kappa shape index (κ2) is 4.96. The Morgan fingerprint density at radius 3 is 3.05 bits per heavy atom. The Balaban J connectivity index is 2.00. The second-order valence-electron chi connectivity index (χ2n) is 5.07. The summed E-state index contributed by atoms with van der Waals surface area (Å²) in [7, 11) is 0. The van der Waals surface area contributed by atoms with Crippen LogP contribution in [0.3, 0.4) is 0 Å². The fourth-order valence-electron chi connectivity index (χ4n) is 1.94. The summed E-state index contributed by atoms with van der Waals surface area (Å²) in [5.41, 5.74) is 7.40. The molecule has 3 aromatic heterocycles. The van der Waals surface area contributed by atoms with Gasteiger partial charge in [0.2, 0.25) is 11.7 Å². The molecular weight excluding hydrogens is 272 g/mol. The van der Waals surface area contributed by atoms with E-state index in [0.29, 0.717) is 18.3 Å². The SMILES string of the molecule is CCC(C)(CN)c1nc(-c2cnc3ccsc3c2)no1. The molecule has 3 aromatic rings. The van der Waals surface area contributed by atoms with Gasteiger partial charge >= 0.3 is 0 Å². The van der Waals surface area contributed by atoms with Crippen LogP contribution in [-0.4, -0.2) is 21.7 Å². The zero-order valence-corrected chi connectivity index (χ0v) is 12.3. The lowest BCUT2D eigenvalue weighted by atomic mass is 9.88. The van der Waals surface area contributed by atoms with Crippen LogP contribution in [0.25, 0.3) is 21.6 Å². The fraction of sp³-hybridized carbons (Fsp3) is 0.357. The van der Waals surface area contributed by atoms with Crippen molar-refractivity contribution in [3.8, 4) is 11.4 Å². The van der Waals surface area contributed by atoms with Gasteiger partial charge in [-0.1, -0.05) is 12.1 Å². The molecule has 1 unspecified atom stereocenters. The first kappa shape index (κ1) is 13.2. The molecule has 2 N–H and O–H groups in total. The third-order valence-corrected chi connectivity index (χ3v) is 4.59. The molecule has 0 aromatic carbocycles. The van der Waals surface area contributed by atoms with E-state index in [2.05, 4.69) is 22.0 Å². The van der Waals surface area contributed by atoms with E-state index < -0.39 is 0 Å². The number of aromatic nitrogens is 3. The van der Waals surface area contributed by atoms with Gasteiger partial charge in [0.25, 0.3) is 0 Å². The van der Waals surface area contributed by atoms with Gasteiger partial charge in [0.1, 0.15) is 0 Å². The molecule has 0 amide bonds. The molecule has 0 saturated carbocycles. The predicted molar refractivity (Wildman–Crippen MR) is 79.6 cm³/mol. The maximum atomic E-state index is 5.82. The van der Waals surface area contributed by atoms with Gasteiger partial charge in [-0.3, -0.25) is 4.98 Å². The van der Waals surface area contributed by atoms with E-state index in [1.54, 1.807) is 17.5 Å². The summed E-state index contributed by atoms with van der Waals surface area (Å²) >= 11 is 1.65. The smallest absolute Gasteiger partial charge is 0.234 e. The van der Waals surface area contributed by atoms with Gasteiger partial charge in [-0.25, -0.2) is 0 Å². The van der Waals surface area contributed by atoms with Crippen LogP contribution in [0.15, 0.2) is 28.2 Å². The molecule has 0 spiro atoms. The van der Waals surface area contributed by atoms with E-state index in [1.807, 2.05) is 24.4 Å². The predicted octanol–water partition coefficient (Wildman–Crippen LogP) is 2.97. The number of nitrogens with two attached hydrogens (primary N) is 1. The summed E-state index contributed by atoms with van der Waals surface area (Å²) in [6.45, 7) is 4.58. The van der Waals surface area contributed by atoms with Gasteiger partial charge < -0.3 is 10.3 Å². The Labute approximate surface area is 120 Å². The van der Waals surface area contributed by atoms with Crippen LogP contribution in [0.4, 0.5) is 0 Å². The van der Waals surface area contributed by atoms with E-state index in [4.69, 9.17) is 10.3 Å². The molecule has 0 fully saturated rings. The molecule has 104 valence electrons. The molecule has 0 saturated heterocycles. The topological polar surface area (TPSA) is 77.8 Å². The molecule has 3 rings (SSSR count). The molecular formula is C14H16N4OS. The summed E-state index contributed by atoms with van der Waals surface area (Å²) in [6, 6.07) is 4.03. The van der Waals surface area contributed by atoms with E-state index in [-0.39, 0.29) is 5.41 Å². The quantitative estimate of drug-likeness (QED) is 0.798. The average molecular weight is 288 g/mol. The van der Waals surface area contributed by atoms with Crippen LogP contribution in [-0.2, 0) is 5.41 Å². The van der Waals surface area contributed by atoms with Crippen molar-refractivity contribution in [1.29, 1.82) is 0 Å². The van der Waals surface area contributed by atoms with Gasteiger partial charge in [0.15, 0.2) is 0 Å². The Morgan fingerprint density at radius 2 is 2.30 bits per heavy atom. The van der Waals surface area contributed by atoms with Crippen molar-refractivity contribution in [1.82, 2.24) is 15.1 Å². The third kappa shape index (κ3) is 2.10. The lowest BCUT2D eigenvalue weighted by Crippen LogP contribution is -2.31. The largest absolute Gasteiger partial charge is 0.338 e. The first-order chi connectivity index (χ1) is 9.66. The minimum absolute atomic E-state index is 0.272. The number of thiophene rings is 1. The van der Waals surface area contributed by atoms with E-state index in [9.17, 15) is 0 Å². The van der Waals surface area contributed by atoms with Gasteiger partial charge in [-0.05, 0) is 30.9 Å². The van der Waals surface area contributed by atoms with E-state index in [0.717, 1.165) is 22.2 Å². The number of pyridine rings is 1. The number of hydrogen-bond donors (Lipinski definition) is 1. The summed E-state index contributed by atoms with van der Waals surface area (Å²) in [5.74, 6) is 1.15. The van der Waals surface area contributed by atoms with Gasteiger partial charge in [-0.2, -0.15) is 4.98 Å². The Hall–Kier alpha value is -1.79. The molecule has 5 nitrogen and oxygen atoms in total. The van der Waals surface area contributed by atoms with Crippen molar-refractivity contribution in [2.45, 2.75) is 25.7 Å². The Kier molecular flexibility index (Phi) is 3.27. The van der Waals surface area contributed by atoms with Crippen molar-refractivity contribution in [2.24, 2.45) is 5.73 Å². The molecule has 20 heavy (non-hydrogen) atoms. The first-order valence-corrected chi connectivity index (χ1v) is 7.42. The van der Waals surface area contributed by atoms with Crippen molar-refractivity contribution in [3.05, 3.63) is 29.6 Å². The standard InChI is InChI=1S/C14H16N4OS/c1-3-14(2,8-15)13-17-12(18-19-13)9-6-11-10(16-7-9)4-5-20-11/h4-7H,3,8,15H2,1-2H3. The van der Waals surface area contributed by atoms with Crippen molar-refractivity contribution >= 4 is 21.6 Å². The Bertz CT molecular complexity index is 729. The average Bonchev–Trinajstić information content (AvgIpc) is 3.14. The molecule has 1 atom stereocenters. The highest BCUT2D eigenvalue weighted by Gasteiger charge is 2.29. The Morgan fingerprint density at radius 1 is 1.45 bits per heavy atom. The van der Waals surface area contributed by atoms with Crippen LogP contribution in [0.1, 0.15) is 26.2 Å². The van der Waals surface area contributed by atoms with Crippen LogP contribution < -0.4 is 5.73 Å². The molecule has 0 aliphatic carbocycles. The lowest BCUT2D eigenvalue weighted by molar-refractivity contribution is 0.291. The summed E-state index contributed by atoms with van der Waals surface area (Å²) < 4.78 is 6.51. The number of rotatable bonds is 4. The van der Waals surface area contributed by atoms with Crippen LogP contribution >= 0.6 is 11.3 Å². The number of fused-ring (bicyclic) bond motifs is 1. The maximum absolute atomic E-state index is 5.82. The van der Waals surface area contributed by atoms with E-state index in [1.165, 1.54) is 0 Å². The maximum Gasteiger partial charge on any atom is 0.234 e. The highest BCUT2D eigenvalue weighted by molar-refractivity contribution is 7.17. The van der Waals surface area contributed by atoms with Crippen molar-refractivity contribution in [3.63, 3.8) is 0 Å². The highest BCUT2D eigenvalue weighted by atomic mass is 32.1. The summed E-state index contributed by atoms with van der Waals surface area (Å²) in [5, 5.41) is 6.08.